The fourth-order valence-electron chi connectivity index (χ4n) is 4.21. The Bertz CT molecular complexity index is 1300. The second-order valence-electron chi connectivity index (χ2n) is 7.88. The zero-order valence-electron chi connectivity index (χ0n) is 16.1. The predicted octanol–water partition coefficient (Wildman–Crippen LogP) is 3.70. The summed E-state index contributed by atoms with van der Waals surface area (Å²) in [6.07, 6.45) is 4.58. The summed E-state index contributed by atoms with van der Waals surface area (Å²) < 4.78 is 8.77. The molecule has 0 bridgehead atoms. The Morgan fingerprint density at radius 1 is 1.24 bits per heavy atom. The Balaban J connectivity index is 1.77. The lowest BCUT2D eigenvalue weighted by Gasteiger charge is -2.16. The fraction of sp³-hybridized carbons (Fsp3) is 0.400. The summed E-state index contributed by atoms with van der Waals surface area (Å²) in [5.41, 5.74) is 0.908. The second-order valence-corrected chi connectivity index (χ2v) is 8.31. The number of nitrogens with zero attached hydrogens (tertiary/aromatic N) is 5. The van der Waals surface area contributed by atoms with E-state index in [9.17, 15) is 9.90 Å². The Morgan fingerprint density at radius 2 is 2.00 bits per heavy atom. The normalized spacial score (nSPS) is 16.4. The van der Waals surface area contributed by atoms with Crippen LogP contribution in [0.15, 0.2) is 33.8 Å². The first-order chi connectivity index (χ1) is 13.9. The van der Waals surface area contributed by atoms with Gasteiger partial charge in [0.05, 0.1) is 11.0 Å². The van der Waals surface area contributed by atoms with Gasteiger partial charge in [-0.25, -0.2) is 4.98 Å². The number of imidazole rings is 1. The van der Waals surface area contributed by atoms with E-state index in [1.165, 1.54) is 0 Å². The first-order valence-corrected chi connectivity index (χ1v) is 10.0. The van der Waals surface area contributed by atoms with Crippen molar-refractivity contribution in [2.45, 2.75) is 51.2 Å². The molecule has 3 heterocycles. The number of rotatable bonds is 3. The van der Waals surface area contributed by atoms with Crippen LogP contribution in [0.1, 0.15) is 51.5 Å². The highest BCUT2D eigenvalue weighted by Gasteiger charge is 2.39. The molecule has 0 unspecified atom stereocenters. The van der Waals surface area contributed by atoms with Gasteiger partial charge in [-0.15, -0.1) is 0 Å². The third kappa shape index (κ3) is 2.70. The van der Waals surface area contributed by atoms with E-state index in [1.54, 1.807) is 27.4 Å². The highest BCUT2D eigenvalue weighted by Crippen LogP contribution is 2.38. The van der Waals surface area contributed by atoms with Gasteiger partial charge < -0.3 is 14.2 Å². The van der Waals surface area contributed by atoms with Crippen LogP contribution in [0.4, 0.5) is 0 Å². The van der Waals surface area contributed by atoms with E-state index in [2.05, 4.69) is 15.1 Å². The van der Waals surface area contributed by atoms with E-state index in [1.807, 2.05) is 19.9 Å². The Hall–Kier alpha value is -2.71. The number of benzene rings is 1. The molecule has 0 atom stereocenters. The first-order valence-electron chi connectivity index (χ1n) is 9.67. The van der Waals surface area contributed by atoms with Crippen LogP contribution in [0.5, 0.6) is 0 Å². The summed E-state index contributed by atoms with van der Waals surface area (Å²) in [4.78, 5) is 22.2. The lowest BCUT2D eigenvalue weighted by Crippen LogP contribution is -2.24. The molecule has 8 nitrogen and oxygen atoms in total. The fourth-order valence-corrected chi connectivity index (χ4v) is 4.38. The van der Waals surface area contributed by atoms with E-state index in [4.69, 9.17) is 16.1 Å². The van der Waals surface area contributed by atoms with Gasteiger partial charge in [0.1, 0.15) is 23.1 Å². The van der Waals surface area contributed by atoms with Gasteiger partial charge >= 0.3 is 0 Å². The molecule has 0 radical (unpaired) electrons. The minimum atomic E-state index is -1.09. The van der Waals surface area contributed by atoms with Crippen LogP contribution in [-0.2, 0) is 5.60 Å². The topological polar surface area (TPSA) is 98.5 Å². The molecule has 4 aromatic rings. The van der Waals surface area contributed by atoms with Crippen molar-refractivity contribution < 1.29 is 9.63 Å². The maximum Gasteiger partial charge on any atom is 0.278 e. The van der Waals surface area contributed by atoms with Crippen LogP contribution in [0, 0.1) is 0 Å². The molecule has 150 valence electrons. The van der Waals surface area contributed by atoms with Crippen molar-refractivity contribution in [3.63, 3.8) is 0 Å². The molecule has 0 saturated heterocycles. The highest BCUT2D eigenvalue weighted by molar-refractivity contribution is 6.31. The molecule has 1 N–H and O–H groups in total. The Kier molecular flexibility index (Phi) is 4.04. The molecule has 0 amide bonds. The standard InChI is InChI=1S/C20H20ClN5O3/c1-11(2)26-14-9-12(21)5-6-13(14)25-10-22-15(16(25)18(26)27)17-23-19(29-24-17)20(28)7-3-4-8-20/h5-6,9-11,28H,3-4,7-8H2,1-2H3. The lowest BCUT2D eigenvalue weighted by molar-refractivity contribution is 0.0112. The molecule has 1 aliphatic rings. The number of fused-ring (bicyclic) bond motifs is 3. The minimum absolute atomic E-state index is 0.0868. The van der Waals surface area contributed by atoms with E-state index < -0.39 is 5.60 Å². The van der Waals surface area contributed by atoms with Crippen molar-refractivity contribution in [3.8, 4) is 11.5 Å². The van der Waals surface area contributed by atoms with Crippen LogP contribution < -0.4 is 5.56 Å². The van der Waals surface area contributed by atoms with Gasteiger partial charge in [-0.2, -0.15) is 4.98 Å². The van der Waals surface area contributed by atoms with Gasteiger partial charge in [-0.1, -0.05) is 16.8 Å². The van der Waals surface area contributed by atoms with Crippen LogP contribution in [0.25, 0.3) is 28.1 Å². The van der Waals surface area contributed by atoms with Gasteiger partial charge in [0, 0.05) is 11.1 Å². The molecule has 1 aromatic carbocycles. The van der Waals surface area contributed by atoms with Crippen molar-refractivity contribution in [3.05, 3.63) is 45.8 Å². The summed E-state index contributed by atoms with van der Waals surface area (Å²) in [5.74, 6) is 0.381. The lowest BCUT2D eigenvalue weighted by atomic mass is 10.0. The number of hydrogen-bond acceptors (Lipinski definition) is 6. The molecule has 1 saturated carbocycles. The molecule has 9 heteroatoms. The number of aliphatic hydroxyl groups is 1. The highest BCUT2D eigenvalue weighted by atomic mass is 35.5. The zero-order chi connectivity index (χ0) is 20.3. The molecular formula is C20H20ClN5O3. The van der Waals surface area contributed by atoms with Crippen molar-refractivity contribution >= 4 is 28.2 Å². The minimum Gasteiger partial charge on any atom is -0.380 e. The van der Waals surface area contributed by atoms with Crippen molar-refractivity contribution in [2.75, 3.05) is 0 Å². The third-order valence-electron chi connectivity index (χ3n) is 5.63. The zero-order valence-corrected chi connectivity index (χ0v) is 16.8. The second kappa shape index (κ2) is 6.40. The summed E-state index contributed by atoms with van der Waals surface area (Å²) in [6, 6.07) is 5.33. The molecule has 0 aliphatic heterocycles. The van der Waals surface area contributed by atoms with E-state index >= 15 is 0 Å². The van der Waals surface area contributed by atoms with E-state index in [-0.39, 0.29) is 23.3 Å². The van der Waals surface area contributed by atoms with Crippen molar-refractivity contribution in [1.82, 2.24) is 24.1 Å². The van der Waals surface area contributed by atoms with Gasteiger partial charge in [0.25, 0.3) is 11.4 Å². The first kappa shape index (κ1) is 18.3. The largest absolute Gasteiger partial charge is 0.380 e. The average molecular weight is 414 g/mol. The summed E-state index contributed by atoms with van der Waals surface area (Å²) >= 11 is 6.18. The molecular weight excluding hydrogens is 394 g/mol. The van der Waals surface area contributed by atoms with Crippen molar-refractivity contribution in [1.29, 1.82) is 0 Å². The maximum atomic E-state index is 13.4. The van der Waals surface area contributed by atoms with Gasteiger partial charge in [0.15, 0.2) is 0 Å². The van der Waals surface area contributed by atoms with Gasteiger partial charge in [-0.3, -0.25) is 9.20 Å². The van der Waals surface area contributed by atoms with E-state index in [0.29, 0.717) is 29.1 Å². The molecule has 3 aromatic heterocycles. The number of hydrogen-bond donors (Lipinski definition) is 1. The summed E-state index contributed by atoms with van der Waals surface area (Å²) in [5, 5.41) is 15.3. The molecule has 1 fully saturated rings. The maximum absolute atomic E-state index is 13.4. The van der Waals surface area contributed by atoms with E-state index in [0.717, 1.165) is 23.9 Å². The van der Waals surface area contributed by atoms with Gasteiger partial charge in [0.2, 0.25) is 5.82 Å². The quantitative estimate of drug-likeness (QED) is 0.550. The van der Waals surface area contributed by atoms with Crippen LogP contribution in [0.2, 0.25) is 5.02 Å². The number of halogens is 1. The van der Waals surface area contributed by atoms with Crippen LogP contribution in [-0.4, -0.2) is 29.2 Å². The predicted molar refractivity (Wildman–Crippen MR) is 108 cm³/mol. The Labute approximate surface area is 170 Å². The monoisotopic (exact) mass is 413 g/mol. The number of aromatic nitrogens is 5. The molecule has 29 heavy (non-hydrogen) atoms. The summed E-state index contributed by atoms with van der Waals surface area (Å²) in [6.45, 7) is 3.88. The SMILES string of the molecule is CC(C)n1c(=O)c2c(-c3noc(C4(O)CCCC4)n3)ncn2c2ccc(Cl)cc21. The molecule has 1 aliphatic carbocycles. The molecule has 5 rings (SSSR count). The summed E-state index contributed by atoms with van der Waals surface area (Å²) in [7, 11) is 0. The average Bonchev–Trinajstić information content (AvgIpc) is 3.40. The van der Waals surface area contributed by atoms with Crippen LogP contribution >= 0.6 is 11.6 Å². The third-order valence-corrected chi connectivity index (χ3v) is 5.86. The molecule has 0 spiro atoms. The van der Waals surface area contributed by atoms with Crippen molar-refractivity contribution in [2.24, 2.45) is 0 Å². The van der Waals surface area contributed by atoms with Gasteiger partial charge in [-0.05, 0) is 57.7 Å². The van der Waals surface area contributed by atoms with Crippen LogP contribution in [0.3, 0.4) is 0 Å². The Morgan fingerprint density at radius 3 is 2.72 bits per heavy atom. The smallest absolute Gasteiger partial charge is 0.278 e.